The summed E-state index contributed by atoms with van der Waals surface area (Å²) < 4.78 is 2.09. The summed E-state index contributed by atoms with van der Waals surface area (Å²) in [7, 11) is 4.22. The first-order valence-corrected chi connectivity index (χ1v) is 12.1. The van der Waals surface area contributed by atoms with Gasteiger partial charge < -0.3 is 14.8 Å². The number of carbonyl (C=O) groups is 1. The molecule has 0 atom stereocenters. The molecule has 1 aromatic carbocycles. The fourth-order valence-corrected chi connectivity index (χ4v) is 5.26. The minimum Gasteiger partial charge on any atom is -0.331 e. The zero-order chi connectivity index (χ0) is 22.9. The van der Waals surface area contributed by atoms with Crippen LogP contribution in [0.3, 0.4) is 0 Å². The molecule has 2 aromatic heterocycles. The van der Waals surface area contributed by atoms with Gasteiger partial charge in [-0.1, -0.05) is 12.1 Å². The number of fused-ring (bicyclic) bond motifs is 1. The van der Waals surface area contributed by atoms with Crippen LogP contribution >= 0.6 is 0 Å². The summed E-state index contributed by atoms with van der Waals surface area (Å²) in [5.74, 6) is 1.80. The second-order valence-corrected chi connectivity index (χ2v) is 9.72. The molecule has 1 saturated heterocycles. The molecule has 2 fully saturated rings. The number of anilines is 1. The van der Waals surface area contributed by atoms with Crippen LogP contribution in [0.5, 0.6) is 0 Å². The molecular formula is C26H34N6O. The molecule has 7 heteroatoms. The van der Waals surface area contributed by atoms with Crippen molar-refractivity contribution >= 4 is 22.5 Å². The number of hydrogen-bond acceptors (Lipinski definition) is 5. The van der Waals surface area contributed by atoms with Gasteiger partial charge in [0.2, 0.25) is 5.91 Å². The number of likely N-dealkylation sites (N-methyl/N-ethyl adjacent to an activating group) is 1. The number of rotatable bonds is 4. The Bertz CT molecular complexity index is 1140. The first kappa shape index (κ1) is 22.0. The molecule has 2 aliphatic rings. The van der Waals surface area contributed by atoms with Crippen LogP contribution in [0.1, 0.15) is 31.5 Å². The minimum absolute atomic E-state index is 0.0787. The molecule has 7 nitrogen and oxygen atoms in total. The molecule has 174 valence electrons. The van der Waals surface area contributed by atoms with Crippen LogP contribution in [0, 0.1) is 12.8 Å². The zero-order valence-corrected chi connectivity index (χ0v) is 19.9. The summed E-state index contributed by atoms with van der Waals surface area (Å²) in [6.45, 7) is 6.60. The first-order valence-electron chi connectivity index (χ1n) is 12.1. The van der Waals surface area contributed by atoms with Crippen molar-refractivity contribution in [1.82, 2.24) is 24.3 Å². The lowest BCUT2D eigenvalue weighted by molar-refractivity contribution is -0.121. The number of imidazole rings is 1. The average molecular weight is 447 g/mol. The molecule has 0 unspecified atom stereocenters. The van der Waals surface area contributed by atoms with Crippen LogP contribution in [0.4, 0.5) is 5.82 Å². The average Bonchev–Trinajstić information content (AvgIpc) is 3.17. The lowest BCUT2D eigenvalue weighted by Gasteiger charge is -2.40. The second kappa shape index (κ2) is 9.23. The molecule has 5 rings (SSSR count). The van der Waals surface area contributed by atoms with Crippen molar-refractivity contribution in [2.45, 2.75) is 38.6 Å². The fraction of sp³-hybridized carbons (Fsp3) is 0.500. The van der Waals surface area contributed by atoms with Gasteiger partial charge in [-0.25, -0.2) is 9.97 Å². The first-order chi connectivity index (χ1) is 16.0. The lowest BCUT2D eigenvalue weighted by Crippen LogP contribution is -2.50. The molecule has 1 N–H and O–H groups in total. The van der Waals surface area contributed by atoms with Gasteiger partial charge in [-0.05, 0) is 57.2 Å². The summed E-state index contributed by atoms with van der Waals surface area (Å²) in [5, 5.41) is 5.21. The van der Waals surface area contributed by atoms with E-state index in [0.717, 1.165) is 79.7 Å². The van der Waals surface area contributed by atoms with Crippen molar-refractivity contribution < 1.29 is 4.79 Å². The van der Waals surface area contributed by atoms with E-state index >= 15 is 0 Å². The summed E-state index contributed by atoms with van der Waals surface area (Å²) >= 11 is 0. The van der Waals surface area contributed by atoms with Crippen LogP contribution < -0.4 is 5.32 Å². The molecule has 1 amide bonds. The SMILES string of the molecule is Cc1ncc(-c2ccc3cnc(NC(=O)[C@H]4CC[C@@H](N5CCN(C)CC5)CC4)cc3c2)n1C. The molecule has 1 aliphatic carbocycles. The van der Waals surface area contributed by atoms with Gasteiger partial charge in [0.1, 0.15) is 11.6 Å². The fourth-order valence-electron chi connectivity index (χ4n) is 5.26. The highest BCUT2D eigenvalue weighted by Crippen LogP contribution is 2.30. The third kappa shape index (κ3) is 4.66. The van der Waals surface area contributed by atoms with E-state index in [1.165, 1.54) is 0 Å². The van der Waals surface area contributed by atoms with Crippen LogP contribution in [-0.2, 0) is 11.8 Å². The topological polar surface area (TPSA) is 66.3 Å². The Balaban J connectivity index is 1.23. The maximum absolute atomic E-state index is 13.0. The molecule has 0 spiro atoms. The third-order valence-electron chi connectivity index (χ3n) is 7.61. The number of aryl methyl sites for hydroxylation is 1. The van der Waals surface area contributed by atoms with Crippen molar-refractivity contribution in [2.24, 2.45) is 13.0 Å². The number of piperazine rings is 1. The van der Waals surface area contributed by atoms with Crippen molar-refractivity contribution in [3.8, 4) is 11.3 Å². The molecule has 1 aliphatic heterocycles. The van der Waals surface area contributed by atoms with E-state index < -0.39 is 0 Å². The minimum atomic E-state index is 0.0787. The Morgan fingerprint density at radius 1 is 0.939 bits per heavy atom. The number of nitrogens with zero attached hydrogens (tertiary/aromatic N) is 5. The number of amides is 1. The highest BCUT2D eigenvalue weighted by molar-refractivity contribution is 5.95. The maximum Gasteiger partial charge on any atom is 0.228 e. The van der Waals surface area contributed by atoms with Crippen molar-refractivity contribution in [3.63, 3.8) is 0 Å². The quantitative estimate of drug-likeness (QED) is 0.662. The molecular weight excluding hydrogens is 412 g/mol. The van der Waals surface area contributed by atoms with Gasteiger partial charge in [-0.2, -0.15) is 0 Å². The summed E-state index contributed by atoms with van der Waals surface area (Å²) in [6, 6.07) is 8.93. The van der Waals surface area contributed by atoms with E-state index in [-0.39, 0.29) is 11.8 Å². The highest BCUT2D eigenvalue weighted by atomic mass is 16.1. The van der Waals surface area contributed by atoms with Gasteiger partial charge in [0.15, 0.2) is 0 Å². The summed E-state index contributed by atoms with van der Waals surface area (Å²) in [5.41, 5.74) is 2.19. The summed E-state index contributed by atoms with van der Waals surface area (Å²) in [4.78, 5) is 26.9. The Labute approximate surface area is 195 Å². The smallest absolute Gasteiger partial charge is 0.228 e. The normalized spacial score (nSPS) is 22.5. The Morgan fingerprint density at radius 3 is 2.39 bits per heavy atom. The van der Waals surface area contributed by atoms with Gasteiger partial charge in [-0.3, -0.25) is 9.69 Å². The highest BCUT2D eigenvalue weighted by Gasteiger charge is 2.30. The van der Waals surface area contributed by atoms with E-state index in [4.69, 9.17) is 0 Å². The third-order valence-corrected chi connectivity index (χ3v) is 7.61. The van der Waals surface area contributed by atoms with Crippen LogP contribution in [0.2, 0.25) is 0 Å². The van der Waals surface area contributed by atoms with Gasteiger partial charge in [0.25, 0.3) is 0 Å². The number of nitrogens with one attached hydrogen (secondary N) is 1. The number of carbonyl (C=O) groups excluding carboxylic acids is 1. The van der Waals surface area contributed by atoms with Crippen molar-refractivity contribution in [1.29, 1.82) is 0 Å². The second-order valence-electron chi connectivity index (χ2n) is 9.72. The predicted molar refractivity (Wildman–Crippen MR) is 132 cm³/mol. The molecule has 33 heavy (non-hydrogen) atoms. The van der Waals surface area contributed by atoms with Gasteiger partial charge in [0.05, 0.1) is 11.9 Å². The van der Waals surface area contributed by atoms with Gasteiger partial charge in [0, 0.05) is 62.3 Å². The molecule has 1 saturated carbocycles. The van der Waals surface area contributed by atoms with E-state index in [2.05, 4.69) is 54.9 Å². The predicted octanol–water partition coefficient (Wildman–Crippen LogP) is 3.69. The van der Waals surface area contributed by atoms with Crippen LogP contribution in [-0.4, -0.2) is 69.5 Å². The summed E-state index contributed by atoms with van der Waals surface area (Å²) in [6.07, 6.45) is 7.88. The molecule has 3 aromatic rings. The van der Waals surface area contributed by atoms with Crippen molar-refractivity contribution in [2.75, 3.05) is 38.5 Å². The maximum atomic E-state index is 13.0. The standard InChI is InChI=1S/C26H34N6O/c1-18-27-17-24(31(18)3)20-4-5-21-16-28-25(15-22(21)14-20)29-26(33)19-6-8-23(9-7-19)32-12-10-30(2)11-13-32/h4-5,14-17,19,23H,6-13H2,1-3H3,(H,28,29,33)/t19-,23+. The molecule has 0 radical (unpaired) electrons. The van der Waals surface area contributed by atoms with Crippen LogP contribution in [0.25, 0.3) is 22.0 Å². The lowest BCUT2D eigenvalue weighted by atomic mass is 9.84. The molecule has 0 bridgehead atoms. The number of benzene rings is 1. The van der Waals surface area contributed by atoms with Crippen LogP contribution in [0.15, 0.2) is 36.7 Å². The van der Waals surface area contributed by atoms with E-state index in [1.807, 2.05) is 32.4 Å². The Hall–Kier alpha value is -2.77. The van der Waals surface area contributed by atoms with E-state index in [9.17, 15) is 4.79 Å². The largest absolute Gasteiger partial charge is 0.331 e. The molecule has 3 heterocycles. The van der Waals surface area contributed by atoms with E-state index in [0.29, 0.717) is 11.9 Å². The number of hydrogen-bond donors (Lipinski definition) is 1. The zero-order valence-electron chi connectivity index (χ0n) is 19.9. The monoisotopic (exact) mass is 446 g/mol. The van der Waals surface area contributed by atoms with E-state index in [1.54, 1.807) is 0 Å². The Morgan fingerprint density at radius 2 is 1.70 bits per heavy atom. The Kier molecular flexibility index (Phi) is 6.17. The van der Waals surface area contributed by atoms with Gasteiger partial charge in [-0.15, -0.1) is 0 Å². The number of aromatic nitrogens is 3. The van der Waals surface area contributed by atoms with Crippen molar-refractivity contribution in [3.05, 3.63) is 42.5 Å². The van der Waals surface area contributed by atoms with Gasteiger partial charge >= 0.3 is 0 Å². The number of pyridine rings is 1.